The van der Waals surface area contributed by atoms with Gasteiger partial charge in [-0.15, -0.1) is 0 Å². The van der Waals surface area contributed by atoms with Gasteiger partial charge >= 0.3 is 0 Å². The fraction of sp³-hybridized carbons (Fsp3) is 0.150. The molecule has 2 aromatic carbocycles. The van der Waals surface area contributed by atoms with E-state index < -0.39 is 0 Å². The zero-order valence-corrected chi connectivity index (χ0v) is 15.5. The second-order valence-corrected chi connectivity index (χ2v) is 6.66. The number of nitrogens with zero attached hydrogens (tertiary/aromatic N) is 3. The molecule has 0 amide bonds. The van der Waals surface area contributed by atoms with Crippen LogP contribution in [0.5, 0.6) is 0 Å². The van der Waals surface area contributed by atoms with Crippen LogP contribution in [0.15, 0.2) is 47.0 Å². The average molecular weight is 383 g/mol. The van der Waals surface area contributed by atoms with E-state index in [0.29, 0.717) is 29.1 Å². The lowest BCUT2D eigenvalue weighted by Gasteiger charge is -2.12. The average Bonchev–Trinajstić information content (AvgIpc) is 3.07. The number of rotatable bonds is 4. The van der Waals surface area contributed by atoms with Crippen LogP contribution in [-0.2, 0) is 6.54 Å². The number of anilines is 1. The van der Waals surface area contributed by atoms with Gasteiger partial charge in [-0.05, 0) is 36.2 Å². The topological polar surface area (TPSA) is 63.8 Å². The van der Waals surface area contributed by atoms with Crippen molar-refractivity contribution in [2.24, 2.45) is 0 Å². The summed E-state index contributed by atoms with van der Waals surface area (Å²) in [5.41, 5.74) is 3.43. The standard InChI is InChI=1S/C20H16ClFN4O/c1-11-4-3-5-13-8-16(20-24-12(2)27-26-20)19(25-18(11)13)23-10-14-6-7-15(22)9-17(14)21/h3-9H,10H2,1-2H3,(H,23,25). The maximum Gasteiger partial charge on any atom is 0.223 e. The normalized spacial score (nSPS) is 11.1. The Kier molecular flexibility index (Phi) is 4.49. The molecule has 27 heavy (non-hydrogen) atoms. The highest BCUT2D eigenvalue weighted by Gasteiger charge is 2.15. The van der Waals surface area contributed by atoms with Crippen molar-refractivity contribution in [2.75, 3.05) is 5.32 Å². The van der Waals surface area contributed by atoms with Crippen LogP contribution in [-0.4, -0.2) is 15.1 Å². The van der Waals surface area contributed by atoms with Crippen molar-refractivity contribution >= 4 is 28.3 Å². The quantitative estimate of drug-likeness (QED) is 0.518. The van der Waals surface area contributed by atoms with Gasteiger partial charge in [-0.25, -0.2) is 9.37 Å². The number of aryl methyl sites for hydroxylation is 2. The lowest BCUT2D eigenvalue weighted by atomic mass is 10.1. The Balaban J connectivity index is 1.78. The number of para-hydroxylation sites is 1. The molecule has 1 N–H and O–H groups in total. The molecule has 0 bridgehead atoms. The molecule has 4 rings (SSSR count). The van der Waals surface area contributed by atoms with Gasteiger partial charge in [0.1, 0.15) is 11.6 Å². The Morgan fingerprint density at radius 2 is 1.96 bits per heavy atom. The highest BCUT2D eigenvalue weighted by atomic mass is 35.5. The minimum atomic E-state index is -0.369. The van der Waals surface area contributed by atoms with E-state index in [4.69, 9.17) is 21.1 Å². The van der Waals surface area contributed by atoms with E-state index in [0.717, 1.165) is 27.6 Å². The van der Waals surface area contributed by atoms with Crippen molar-refractivity contribution in [1.82, 2.24) is 15.1 Å². The predicted molar refractivity (Wildman–Crippen MR) is 103 cm³/mol. The summed E-state index contributed by atoms with van der Waals surface area (Å²) in [5.74, 6) is 1.17. The first-order valence-corrected chi connectivity index (χ1v) is 8.78. The molecule has 0 aliphatic heterocycles. The maximum absolute atomic E-state index is 13.3. The van der Waals surface area contributed by atoms with E-state index in [2.05, 4.69) is 15.5 Å². The third-order valence-corrected chi connectivity index (χ3v) is 4.63. The zero-order chi connectivity index (χ0) is 19.0. The Labute approximate surface area is 160 Å². The third-order valence-electron chi connectivity index (χ3n) is 4.28. The molecule has 0 atom stereocenters. The van der Waals surface area contributed by atoms with Gasteiger partial charge in [-0.2, -0.15) is 4.98 Å². The largest absolute Gasteiger partial charge is 0.365 e. The molecule has 0 unspecified atom stereocenters. The van der Waals surface area contributed by atoms with Gasteiger partial charge < -0.3 is 9.84 Å². The van der Waals surface area contributed by atoms with E-state index >= 15 is 0 Å². The highest BCUT2D eigenvalue weighted by molar-refractivity contribution is 6.31. The Hall–Kier alpha value is -2.99. The molecule has 7 heteroatoms. The first-order chi connectivity index (χ1) is 13.0. The first kappa shape index (κ1) is 17.4. The highest BCUT2D eigenvalue weighted by Crippen LogP contribution is 2.30. The van der Waals surface area contributed by atoms with Crippen molar-refractivity contribution in [3.8, 4) is 11.4 Å². The van der Waals surface area contributed by atoms with Crippen molar-refractivity contribution in [2.45, 2.75) is 20.4 Å². The lowest BCUT2D eigenvalue weighted by Crippen LogP contribution is -2.05. The van der Waals surface area contributed by atoms with Crippen LogP contribution in [0.4, 0.5) is 10.2 Å². The van der Waals surface area contributed by atoms with Gasteiger partial charge in [0.15, 0.2) is 0 Å². The van der Waals surface area contributed by atoms with Crippen LogP contribution in [0.1, 0.15) is 17.0 Å². The molecule has 0 spiro atoms. The number of pyridine rings is 1. The molecule has 2 aromatic heterocycles. The molecule has 0 saturated heterocycles. The minimum Gasteiger partial charge on any atom is -0.365 e. The lowest BCUT2D eigenvalue weighted by molar-refractivity contribution is 0.394. The van der Waals surface area contributed by atoms with E-state index in [-0.39, 0.29) is 5.82 Å². The summed E-state index contributed by atoms with van der Waals surface area (Å²) in [4.78, 5) is 9.09. The van der Waals surface area contributed by atoms with Gasteiger partial charge in [-0.1, -0.05) is 41.0 Å². The Morgan fingerprint density at radius 1 is 1.11 bits per heavy atom. The van der Waals surface area contributed by atoms with Crippen LogP contribution in [0, 0.1) is 19.7 Å². The van der Waals surface area contributed by atoms with Crippen molar-refractivity contribution in [3.63, 3.8) is 0 Å². The predicted octanol–water partition coefficient (Wildman–Crippen LogP) is 5.31. The molecule has 0 aliphatic rings. The van der Waals surface area contributed by atoms with E-state index in [1.165, 1.54) is 12.1 Å². The van der Waals surface area contributed by atoms with Crippen LogP contribution in [0.3, 0.4) is 0 Å². The third kappa shape index (κ3) is 3.48. The second kappa shape index (κ2) is 6.96. The van der Waals surface area contributed by atoms with E-state index in [1.54, 1.807) is 13.0 Å². The number of hydrogen-bond acceptors (Lipinski definition) is 5. The summed E-state index contributed by atoms with van der Waals surface area (Å²) < 4.78 is 18.4. The molecule has 2 heterocycles. The number of hydrogen-bond donors (Lipinski definition) is 1. The van der Waals surface area contributed by atoms with Gasteiger partial charge in [0.25, 0.3) is 0 Å². The smallest absolute Gasteiger partial charge is 0.223 e. The molecule has 4 aromatic rings. The minimum absolute atomic E-state index is 0.358. The molecular formula is C20H16ClFN4O. The van der Waals surface area contributed by atoms with E-state index in [9.17, 15) is 4.39 Å². The zero-order valence-electron chi connectivity index (χ0n) is 14.8. The van der Waals surface area contributed by atoms with Gasteiger partial charge in [0, 0.05) is 23.9 Å². The monoisotopic (exact) mass is 382 g/mol. The number of halogens is 2. The SMILES string of the molecule is Cc1nc(-c2cc3cccc(C)c3nc2NCc2ccc(F)cc2Cl)no1. The molecule has 136 valence electrons. The van der Waals surface area contributed by atoms with Crippen molar-refractivity contribution in [1.29, 1.82) is 0 Å². The molecule has 0 fully saturated rings. The van der Waals surface area contributed by atoms with Crippen LogP contribution < -0.4 is 5.32 Å². The number of benzene rings is 2. The molecule has 0 radical (unpaired) electrons. The van der Waals surface area contributed by atoms with E-state index in [1.807, 2.05) is 31.2 Å². The van der Waals surface area contributed by atoms with Gasteiger partial charge in [0.05, 0.1) is 11.1 Å². The first-order valence-electron chi connectivity index (χ1n) is 8.40. The number of fused-ring (bicyclic) bond motifs is 1. The molecule has 0 saturated carbocycles. The summed E-state index contributed by atoms with van der Waals surface area (Å²) in [6.45, 7) is 4.13. The summed E-state index contributed by atoms with van der Waals surface area (Å²) in [6.07, 6.45) is 0. The Morgan fingerprint density at radius 3 is 2.70 bits per heavy atom. The number of aromatic nitrogens is 3. The molecular weight excluding hydrogens is 367 g/mol. The number of nitrogens with one attached hydrogen (secondary N) is 1. The van der Waals surface area contributed by atoms with Crippen molar-refractivity contribution in [3.05, 3.63) is 70.3 Å². The summed E-state index contributed by atoms with van der Waals surface area (Å²) in [7, 11) is 0. The molecule has 5 nitrogen and oxygen atoms in total. The summed E-state index contributed by atoms with van der Waals surface area (Å²) in [5, 5.41) is 8.64. The van der Waals surface area contributed by atoms with Crippen LogP contribution in [0.25, 0.3) is 22.3 Å². The van der Waals surface area contributed by atoms with Gasteiger partial charge in [-0.3, -0.25) is 0 Å². The summed E-state index contributed by atoms with van der Waals surface area (Å²) in [6, 6.07) is 12.3. The fourth-order valence-electron chi connectivity index (χ4n) is 2.90. The Bertz CT molecular complexity index is 1140. The van der Waals surface area contributed by atoms with Gasteiger partial charge in [0.2, 0.25) is 11.7 Å². The van der Waals surface area contributed by atoms with Crippen LogP contribution in [0.2, 0.25) is 5.02 Å². The van der Waals surface area contributed by atoms with Crippen LogP contribution >= 0.6 is 11.6 Å². The fourth-order valence-corrected chi connectivity index (χ4v) is 3.14. The molecule has 0 aliphatic carbocycles. The maximum atomic E-state index is 13.3. The second-order valence-electron chi connectivity index (χ2n) is 6.26. The summed E-state index contributed by atoms with van der Waals surface area (Å²) >= 11 is 6.14. The van der Waals surface area contributed by atoms with Crippen molar-refractivity contribution < 1.29 is 8.91 Å².